The van der Waals surface area contributed by atoms with Gasteiger partial charge in [0.2, 0.25) is 5.91 Å². The van der Waals surface area contributed by atoms with Gasteiger partial charge >= 0.3 is 6.98 Å². The van der Waals surface area contributed by atoms with Crippen molar-refractivity contribution in [1.82, 2.24) is 0 Å². The minimum Gasteiger partial charge on any atom is -0.449 e. The van der Waals surface area contributed by atoms with Crippen molar-refractivity contribution in [1.29, 1.82) is 0 Å². The van der Waals surface area contributed by atoms with Gasteiger partial charge in [-0.2, -0.15) is 0 Å². The minimum absolute atomic E-state index is 0.163. The first-order chi connectivity index (χ1) is 7.78. The third-order valence-electron chi connectivity index (χ3n) is 1.90. The summed E-state index contributed by atoms with van der Waals surface area (Å²) in [6, 6.07) is 3.37. The van der Waals surface area contributed by atoms with Crippen molar-refractivity contribution in [2.75, 3.05) is 5.32 Å². The summed E-state index contributed by atoms with van der Waals surface area (Å²) in [6.45, 7) is -4.97. The molecule has 0 radical (unpaired) electrons. The minimum atomic E-state index is -4.97. The van der Waals surface area contributed by atoms with Crippen molar-refractivity contribution in [3.8, 4) is 0 Å². The summed E-state index contributed by atoms with van der Waals surface area (Å²) in [5.41, 5.74) is 0.163. The Kier molecular flexibility index (Phi) is 4.39. The average Bonchev–Trinajstić information content (AvgIpc) is 2.20. The van der Waals surface area contributed by atoms with E-state index in [4.69, 9.17) is 11.6 Å². The van der Waals surface area contributed by atoms with Crippen LogP contribution in [0.15, 0.2) is 18.2 Å². The van der Waals surface area contributed by atoms with Crippen molar-refractivity contribution in [2.45, 2.75) is 12.7 Å². The maximum atomic E-state index is 12.7. The smallest absolute Gasteiger partial charge is 0.449 e. The molecule has 1 amide bonds. The summed E-state index contributed by atoms with van der Waals surface area (Å²) >= 11 is 5.44. The van der Waals surface area contributed by atoms with Crippen LogP contribution in [0.2, 0.25) is 11.3 Å². The molecule has 8 heteroatoms. The number of carbonyl (C=O) groups is 1. The molecule has 0 saturated heterocycles. The number of hydrogen-bond donors (Lipinski definition) is 1. The molecule has 0 fully saturated rings. The van der Waals surface area contributed by atoms with E-state index in [1.807, 2.05) is 0 Å². The second kappa shape index (κ2) is 5.40. The second-order valence-electron chi connectivity index (χ2n) is 3.43. The van der Waals surface area contributed by atoms with Gasteiger partial charge in [0.15, 0.2) is 0 Å². The fourth-order valence-corrected chi connectivity index (χ4v) is 1.27. The molecule has 0 bridgehead atoms. The summed E-state index contributed by atoms with van der Waals surface area (Å²) in [4.78, 5) is 11.1. The first-order valence-electron chi connectivity index (χ1n) is 4.74. The van der Waals surface area contributed by atoms with E-state index in [1.54, 1.807) is 0 Å². The molecule has 94 valence electrons. The van der Waals surface area contributed by atoms with Crippen LogP contribution in [0, 0.1) is 5.82 Å². The van der Waals surface area contributed by atoms with Gasteiger partial charge < -0.3 is 18.3 Å². The maximum absolute atomic E-state index is 12.7. The average molecular weight is 268 g/mol. The van der Waals surface area contributed by atoms with Crippen molar-refractivity contribution in [3.05, 3.63) is 29.0 Å². The fourth-order valence-electron chi connectivity index (χ4n) is 1.09. The molecule has 0 heterocycles. The van der Waals surface area contributed by atoms with Gasteiger partial charge in [-0.1, -0.05) is 17.9 Å². The number of nitrogens with one attached hydrogen (secondary N) is 1. The topological polar surface area (TPSA) is 29.1 Å². The summed E-state index contributed by atoms with van der Waals surface area (Å²) in [5, 5.41) is 2.00. The lowest BCUT2D eigenvalue weighted by atomic mass is 9.84. The van der Waals surface area contributed by atoms with Crippen LogP contribution in [0.5, 0.6) is 0 Å². The monoisotopic (exact) mass is 268 g/mol. The number of hydrogen-bond acceptors (Lipinski definition) is 1. The van der Waals surface area contributed by atoms with Crippen LogP contribution in [-0.4, -0.2) is 12.9 Å². The van der Waals surface area contributed by atoms with E-state index >= 15 is 0 Å². The Morgan fingerprint density at radius 3 is 2.53 bits per heavy atom. The highest BCUT2D eigenvalue weighted by Gasteiger charge is 2.23. The quantitative estimate of drug-likeness (QED) is 0.655. The molecule has 0 unspecified atom stereocenters. The largest absolute Gasteiger partial charge is 0.478 e. The predicted molar refractivity (Wildman–Crippen MR) is 58.5 cm³/mol. The van der Waals surface area contributed by atoms with Crippen molar-refractivity contribution in [2.24, 2.45) is 0 Å². The molecule has 1 aromatic carbocycles. The molecule has 2 nitrogen and oxygen atoms in total. The van der Waals surface area contributed by atoms with Crippen molar-refractivity contribution < 1.29 is 22.1 Å². The van der Waals surface area contributed by atoms with Crippen molar-refractivity contribution in [3.63, 3.8) is 0 Å². The zero-order chi connectivity index (χ0) is 13.1. The van der Waals surface area contributed by atoms with Crippen molar-refractivity contribution >= 4 is 30.2 Å². The first-order valence-corrected chi connectivity index (χ1v) is 5.11. The van der Waals surface area contributed by atoms with E-state index in [0.29, 0.717) is 0 Å². The van der Waals surface area contributed by atoms with Gasteiger partial charge in [-0.05, 0) is 18.2 Å². The van der Waals surface area contributed by atoms with Gasteiger partial charge in [0, 0.05) is 12.1 Å². The van der Waals surface area contributed by atoms with Gasteiger partial charge in [0.1, 0.15) is 5.82 Å². The summed E-state index contributed by atoms with van der Waals surface area (Å²) in [7, 11) is 0. The van der Waals surface area contributed by atoms with E-state index in [1.165, 1.54) is 6.07 Å². The third kappa shape index (κ3) is 5.08. The summed E-state index contributed by atoms with van der Waals surface area (Å²) < 4.78 is 48.4. The normalized spacial score (nSPS) is 11.4. The van der Waals surface area contributed by atoms with E-state index in [0.717, 1.165) is 12.1 Å². The highest BCUT2D eigenvalue weighted by Crippen LogP contribution is 2.21. The lowest BCUT2D eigenvalue weighted by molar-refractivity contribution is -0.116. The molecule has 0 aliphatic heterocycles. The van der Waals surface area contributed by atoms with E-state index in [2.05, 4.69) is 5.32 Å². The number of amides is 1. The number of halogens is 5. The lowest BCUT2D eigenvalue weighted by Crippen LogP contribution is -2.19. The first kappa shape index (κ1) is 13.8. The number of carbonyl (C=O) groups excluding carboxylic acids is 1. The third-order valence-corrected chi connectivity index (χ3v) is 2.19. The van der Waals surface area contributed by atoms with Crippen LogP contribution in [0.25, 0.3) is 0 Å². The highest BCUT2D eigenvalue weighted by atomic mass is 35.5. The number of benzene rings is 1. The van der Waals surface area contributed by atoms with E-state index < -0.39 is 31.4 Å². The highest BCUT2D eigenvalue weighted by molar-refractivity contribution is 6.58. The van der Waals surface area contributed by atoms with Crippen LogP contribution in [0.3, 0.4) is 0 Å². The Morgan fingerprint density at radius 2 is 2.00 bits per heavy atom. The summed E-state index contributed by atoms with van der Waals surface area (Å²) in [6.07, 6.45) is -1.79. The molecule has 0 saturated carbocycles. The Bertz CT molecular complexity index is 424. The number of anilines is 1. The molecule has 0 spiro atoms. The predicted octanol–water partition coefficient (Wildman–Crippen LogP) is 3.66. The van der Waals surface area contributed by atoms with Gasteiger partial charge in [0.05, 0.1) is 5.02 Å². The molecular weight excluding hydrogens is 260 g/mol. The zero-order valence-electron chi connectivity index (χ0n) is 8.52. The second-order valence-corrected chi connectivity index (χ2v) is 3.83. The molecule has 0 aromatic heterocycles. The molecule has 0 aliphatic rings. The van der Waals surface area contributed by atoms with E-state index in [-0.39, 0.29) is 10.7 Å². The molecule has 1 N–H and O–H groups in total. The zero-order valence-corrected chi connectivity index (χ0v) is 9.28. The lowest BCUT2D eigenvalue weighted by Gasteiger charge is -2.12. The van der Waals surface area contributed by atoms with Crippen LogP contribution in [0.1, 0.15) is 6.42 Å². The Balaban J connectivity index is 2.54. The van der Waals surface area contributed by atoms with Crippen LogP contribution in [-0.2, 0) is 4.79 Å². The molecule has 0 atom stereocenters. The Hall–Kier alpha value is -1.24. The Labute approximate surface area is 100 Å². The fraction of sp³-hybridized carbons (Fsp3) is 0.222. The standard InChI is InChI=1S/C9H8BClF4NO/c11-7-5-6(1-2-8(7)12)16-9(17)3-4-10(13,14)15/h1-2,5H,3-4H2,(H,16,17)/q-1. The molecule has 1 rings (SSSR count). The van der Waals surface area contributed by atoms with Gasteiger partial charge in [-0.25, -0.2) is 4.39 Å². The van der Waals surface area contributed by atoms with Crippen LogP contribution in [0.4, 0.5) is 23.0 Å². The van der Waals surface area contributed by atoms with Gasteiger partial charge in [-0.3, -0.25) is 4.79 Å². The van der Waals surface area contributed by atoms with Crippen LogP contribution >= 0.6 is 11.6 Å². The number of rotatable bonds is 4. The Morgan fingerprint density at radius 1 is 1.35 bits per heavy atom. The molecule has 1 aromatic rings. The summed E-state index contributed by atoms with van der Waals surface area (Å²) in [5.74, 6) is -1.45. The molecule has 0 aliphatic carbocycles. The molecule has 17 heavy (non-hydrogen) atoms. The van der Waals surface area contributed by atoms with E-state index in [9.17, 15) is 22.1 Å². The van der Waals surface area contributed by atoms with Gasteiger partial charge in [0.25, 0.3) is 0 Å². The molecular formula is C9H8BClF4NO-. The maximum Gasteiger partial charge on any atom is 0.478 e. The SMILES string of the molecule is O=C(CC[B-](F)(F)F)Nc1ccc(F)c(Cl)c1. The van der Waals surface area contributed by atoms with Crippen LogP contribution < -0.4 is 5.32 Å². The van der Waals surface area contributed by atoms with Gasteiger partial charge in [-0.15, -0.1) is 0 Å².